The van der Waals surface area contributed by atoms with E-state index in [0.29, 0.717) is 11.3 Å². The zero-order chi connectivity index (χ0) is 14.8. The minimum absolute atomic E-state index is 0.0389. The highest BCUT2D eigenvalue weighted by Gasteiger charge is 2.27. The average Bonchev–Trinajstić information content (AvgIpc) is 2.70. The van der Waals surface area contributed by atoms with Crippen LogP contribution in [0, 0.1) is 5.92 Å². The van der Waals surface area contributed by atoms with Gasteiger partial charge in [-0.25, -0.2) is 9.59 Å². The fraction of sp³-hybridized carbons (Fsp3) is 0.400. The molecule has 0 atom stereocenters. The molecule has 0 unspecified atom stereocenters. The number of carboxylic acids is 1. The normalized spacial score (nSPS) is 11.6. The average molecular weight is 308 g/mol. The molecule has 0 aliphatic heterocycles. The predicted octanol–water partition coefficient (Wildman–Crippen LogP) is 1.51. The monoisotopic (exact) mass is 308 g/mol. The zero-order valence-electron chi connectivity index (χ0n) is 10.1. The van der Waals surface area contributed by atoms with Crippen LogP contribution >= 0.6 is 11.3 Å². The van der Waals surface area contributed by atoms with E-state index in [0.717, 1.165) is 6.07 Å². The van der Waals surface area contributed by atoms with Crippen LogP contribution < -0.4 is 0 Å². The molecule has 0 bridgehead atoms. The molecule has 7 nitrogen and oxygen atoms in total. The van der Waals surface area contributed by atoms with Gasteiger partial charge in [0.1, 0.15) is 14.6 Å². The van der Waals surface area contributed by atoms with Crippen LogP contribution in [0.15, 0.2) is 11.0 Å². The molecule has 0 radical (unpaired) electrons. The van der Waals surface area contributed by atoms with Crippen LogP contribution in [0.4, 0.5) is 0 Å². The number of hydrogen-bond acceptors (Lipinski definition) is 6. The highest BCUT2D eigenvalue weighted by Crippen LogP contribution is 2.27. The Hall–Kier alpha value is -1.45. The first-order valence-corrected chi connectivity index (χ1v) is 7.40. The van der Waals surface area contributed by atoms with Crippen LogP contribution in [0.3, 0.4) is 0 Å². The summed E-state index contributed by atoms with van der Waals surface area (Å²) in [7, 11) is -4.68. The summed E-state index contributed by atoms with van der Waals surface area (Å²) in [6.45, 7) is 3.63. The van der Waals surface area contributed by atoms with Crippen LogP contribution in [0.25, 0.3) is 0 Å². The molecule has 0 fully saturated rings. The summed E-state index contributed by atoms with van der Waals surface area (Å²) >= 11 is 0.441. The van der Waals surface area contributed by atoms with Gasteiger partial charge in [-0.05, 0) is 12.0 Å². The maximum Gasteiger partial charge on any atom is 0.349 e. The van der Waals surface area contributed by atoms with Crippen molar-refractivity contribution < 1.29 is 32.4 Å². The van der Waals surface area contributed by atoms with Crippen molar-refractivity contribution in [2.24, 2.45) is 5.92 Å². The second-order valence-corrected chi connectivity index (χ2v) is 6.52. The van der Waals surface area contributed by atoms with Gasteiger partial charge in [-0.1, -0.05) is 13.8 Å². The van der Waals surface area contributed by atoms with Gasteiger partial charge in [0, 0.05) is 0 Å². The number of aromatic carboxylic acids is 1. The highest BCUT2D eigenvalue weighted by molar-refractivity contribution is 7.86. The molecule has 0 aliphatic carbocycles. The lowest BCUT2D eigenvalue weighted by molar-refractivity contribution is 0.0460. The summed E-state index contributed by atoms with van der Waals surface area (Å²) in [5.74, 6) is -2.33. The summed E-state index contributed by atoms with van der Waals surface area (Å²) in [6, 6.07) is 0.730. The van der Waals surface area contributed by atoms with Gasteiger partial charge >= 0.3 is 11.9 Å². The Morgan fingerprint density at radius 3 is 2.42 bits per heavy atom. The molecule has 0 amide bonds. The molecule has 0 aromatic carbocycles. The quantitative estimate of drug-likeness (QED) is 0.625. The molecule has 19 heavy (non-hydrogen) atoms. The van der Waals surface area contributed by atoms with Gasteiger partial charge in [-0.3, -0.25) is 4.55 Å². The smallest absolute Gasteiger partial charge is 0.349 e. The summed E-state index contributed by atoms with van der Waals surface area (Å²) in [5.41, 5.74) is 0. The Labute approximate surface area is 113 Å². The zero-order valence-corrected chi connectivity index (χ0v) is 11.7. The summed E-state index contributed by atoms with van der Waals surface area (Å²) in [4.78, 5) is 20.9. The van der Waals surface area contributed by atoms with Crippen molar-refractivity contribution in [1.82, 2.24) is 0 Å². The maximum absolute atomic E-state index is 11.7. The molecule has 1 rings (SSSR count). The molecule has 9 heteroatoms. The Bertz CT molecular complexity index is 597. The third kappa shape index (κ3) is 4.01. The fourth-order valence-corrected chi connectivity index (χ4v) is 3.01. The van der Waals surface area contributed by atoms with E-state index < -0.39 is 31.8 Å². The fourth-order valence-electron chi connectivity index (χ4n) is 1.12. The van der Waals surface area contributed by atoms with Crippen molar-refractivity contribution in [3.8, 4) is 0 Å². The van der Waals surface area contributed by atoms with E-state index in [1.165, 1.54) is 0 Å². The number of ether oxygens (including phenoxy) is 1. The minimum atomic E-state index is -4.68. The lowest BCUT2D eigenvalue weighted by atomic mass is 10.2. The first kappa shape index (κ1) is 15.6. The van der Waals surface area contributed by atoms with E-state index in [4.69, 9.17) is 14.4 Å². The molecule has 0 spiro atoms. The van der Waals surface area contributed by atoms with Crippen molar-refractivity contribution in [2.75, 3.05) is 6.61 Å². The van der Waals surface area contributed by atoms with Gasteiger partial charge in [0.05, 0.1) is 6.61 Å². The Morgan fingerprint density at radius 2 is 2.00 bits per heavy atom. The number of thiophene rings is 1. The van der Waals surface area contributed by atoms with Gasteiger partial charge in [0.15, 0.2) is 0 Å². The van der Waals surface area contributed by atoms with E-state index in [1.54, 1.807) is 13.8 Å². The molecule has 1 aromatic heterocycles. The largest absolute Gasteiger partial charge is 0.477 e. The van der Waals surface area contributed by atoms with E-state index in [9.17, 15) is 18.0 Å². The molecular weight excluding hydrogens is 296 g/mol. The van der Waals surface area contributed by atoms with Crippen molar-refractivity contribution in [2.45, 2.75) is 18.7 Å². The van der Waals surface area contributed by atoms with Gasteiger partial charge in [0.2, 0.25) is 0 Å². The third-order valence-corrected chi connectivity index (χ3v) is 4.03. The Morgan fingerprint density at radius 1 is 1.42 bits per heavy atom. The highest BCUT2D eigenvalue weighted by atomic mass is 32.2. The first-order chi connectivity index (χ1) is 8.62. The number of carbonyl (C=O) groups is 2. The van der Waals surface area contributed by atoms with Gasteiger partial charge < -0.3 is 9.84 Å². The standard InChI is InChI=1S/C10H12O7S2/c1-5(2)4-17-10(13)8-7(19(14,15)16)3-6(18-8)9(11)12/h3,5H,4H2,1-2H3,(H,11,12)(H,14,15,16). The number of rotatable bonds is 5. The second-order valence-electron chi connectivity index (χ2n) is 4.08. The molecular formula is C10H12O7S2. The van der Waals surface area contributed by atoms with E-state index >= 15 is 0 Å². The van der Waals surface area contributed by atoms with Crippen molar-refractivity contribution in [1.29, 1.82) is 0 Å². The number of esters is 1. The molecule has 1 aromatic rings. The van der Waals surface area contributed by atoms with Gasteiger partial charge in [-0.15, -0.1) is 11.3 Å². The SMILES string of the molecule is CC(C)COC(=O)c1sc(C(=O)O)cc1S(=O)(=O)O. The summed E-state index contributed by atoms with van der Waals surface area (Å²) in [6.07, 6.45) is 0. The topological polar surface area (TPSA) is 118 Å². The number of carboxylic acid groups (broad SMARTS) is 1. The second kappa shape index (κ2) is 5.68. The summed E-state index contributed by atoms with van der Waals surface area (Å²) < 4.78 is 36.0. The predicted molar refractivity (Wildman–Crippen MR) is 66.2 cm³/mol. The van der Waals surface area contributed by atoms with Crippen LogP contribution in [0.2, 0.25) is 0 Å². The Kier molecular flexibility index (Phi) is 4.66. The van der Waals surface area contributed by atoms with Gasteiger partial charge in [0.25, 0.3) is 10.1 Å². The van der Waals surface area contributed by atoms with E-state index in [1.807, 2.05) is 0 Å². The maximum atomic E-state index is 11.7. The third-order valence-electron chi connectivity index (χ3n) is 1.92. The van der Waals surface area contributed by atoms with Crippen molar-refractivity contribution >= 4 is 33.4 Å². The molecule has 106 valence electrons. The van der Waals surface area contributed by atoms with E-state index in [-0.39, 0.29) is 17.4 Å². The minimum Gasteiger partial charge on any atom is -0.477 e. The summed E-state index contributed by atoms with van der Waals surface area (Å²) in [5, 5.41) is 8.77. The van der Waals surface area contributed by atoms with Crippen LogP contribution in [0.1, 0.15) is 33.2 Å². The molecule has 1 heterocycles. The molecule has 2 N–H and O–H groups in total. The number of hydrogen-bond donors (Lipinski definition) is 2. The van der Waals surface area contributed by atoms with Crippen molar-refractivity contribution in [3.63, 3.8) is 0 Å². The Balaban J connectivity index is 3.18. The van der Waals surface area contributed by atoms with Crippen LogP contribution in [0.5, 0.6) is 0 Å². The van der Waals surface area contributed by atoms with Crippen molar-refractivity contribution in [3.05, 3.63) is 15.8 Å². The molecule has 0 saturated carbocycles. The molecule has 0 saturated heterocycles. The van der Waals surface area contributed by atoms with Crippen LogP contribution in [-0.2, 0) is 14.9 Å². The lowest BCUT2D eigenvalue weighted by Gasteiger charge is -2.06. The first-order valence-electron chi connectivity index (χ1n) is 5.14. The molecule has 0 aliphatic rings. The lowest BCUT2D eigenvalue weighted by Crippen LogP contribution is -2.12. The van der Waals surface area contributed by atoms with E-state index in [2.05, 4.69) is 0 Å². The van der Waals surface area contributed by atoms with Gasteiger partial charge in [-0.2, -0.15) is 8.42 Å². The van der Waals surface area contributed by atoms with Crippen LogP contribution in [-0.4, -0.2) is 36.6 Å². The number of carbonyl (C=O) groups excluding carboxylic acids is 1.